The van der Waals surface area contributed by atoms with E-state index >= 15 is 0 Å². The summed E-state index contributed by atoms with van der Waals surface area (Å²) in [4.78, 5) is 17.2. The topological polar surface area (TPSA) is 66.8 Å². The van der Waals surface area contributed by atoms with Crippen molar-refractivity contribution < 1.29 is 18.9 Å². The van der Waals surface area contributed by atoms with Crippen molar-refractivity contribution in [2.24, 2.45) is 0 Å². The first-order valence-electron chi connectivity index (χ1n) is 4.54. The van der Waals surface area contributed by atoms with E-state index in [-0.39, 0.29) is 62.5 Å². The molecule has 1 aromatic carbocycles. The Morgan fingerprint density at radius 1 is 1.12 bits per heavy atom. The third-order valence-corrected chi connectivity index (χ3v) is 2.39. The summed E-state index contributed by atoms with van der Waals surface area (Å²) in [6.07, 6.45) is 0. The second kappa shape index (κ2) is 6.11. The minimum atomic E-state index is -4.44. The van der Waals surface area contributed by atoms with Crippen molar-refractivity contribution in [1.29, 1.82) is 0 Å². The van der Waals surface area contributed by atoms with Crippen LogP contribution in [0.1, 0.15) is 26.3 Å². The van der Waals surface area contributed by atoms with E-state index < -0.39 is 7.82 Å². The van der Waals surface area contributed by atoms with Crippen molar-refractivity contribution in [3.63, 3.8) is 0 Å². The molecule has 0 saturated carbocycles. The van der Waals surface area contributed by atoms with E-state index in [4.69, 9.17) is 9.79 Å². The predicted octanol–water partition coefficient (Wildman–Crippen LogP) is 1.81. The molecule has 0 atom stereocenters. The van der Waals surface area contributed by atoms with Crippen LogP contribution in [0.15, 0.2) is 24.3 Å². The van der Waals surface area contributed by atoms with Crippen LogP contribution in [0.25, 0.3) is 0 Å². The van der Waals surface area contributed by atoms with Crippen molar-refractivity contribution in [2.45, 2.75) is 26.2 Å². The van der Waals surface area contributed by atoms with E-state index in [0.717, 1.165) is 5.56 Å². The Kier molecular flexibility index (Phi) is 6.42. The molecule has 16 heavy (non-hydrogen) atoms. The van der Waals surface area contributed by atoms with Gasteiger partial charge < -0.3 is 4.52 Å². The zero-order valence-corrected chi connectivity index (χ0v) is 9.86. The number of phosphoric acid groups is 1. The van der Waals surface area contributed by atoms with Crippen LogP contribution in [0.3, 0.4) is 0 Å². The van der Waals surface area contributed by atoms with E-state index in [1.54, 1.807) is 24.3 Å². The Balaban J connectivity index is 0.00000225. The third-order valence-electron chi connectivity index (χ3n) is 1.94. The number of hydrogen-bond donors (Lipinski definition) is 2. The zero-order chi connectivity index (χ0) is 11.7. The van der Waals surface area contributed by atoms with Crippen molar-refractivity contribution in [1.82, 2.24) is 0 Å². The summed E-state index contributed by atoms with van der Waals surface area (Å²) in [7, 11) is -4.44. The van der Waals surface area contributed by atoms with E-state index in [1.807, 2.05) is 0 Å². The van der Waals surface area contributed by atoms with Crippen LogP contribution in [-0.2, 0) is 9.98 Å². The fourth-order valence-corrected chi connectivity index (χ4v) is 1.55. The minimum absolute atomic E-state index is 0. The molecule has 1 aromatic rings. The van der Waals surface area contributed by atoms with Crippen molar-refractivity contribution in [2.75, 3.05) is 0 Å². The van der Waals surface area contributed by atoms with Gasteiger partial charge in [0.2, 0.25) is 0 Å². The summed E-state index contributed by atoms with van der Waals surface area (Å²) in [6, 6.07) is 6.70. The average Bonchev–Trinajstić information content (AvgIpc) is 2.00. The van der Waals surface area contributed by atoms with Gasteiger partial charge in [-0.05, 0) is 23.1 Å². The molecule has 0 aliphatic rings. The zero-order valence-electron chi connectivity index (χ0n) is 8.97. The molecular formula is C10H16KO4P. The van der Waals surface area contributed by atoms with Crippen LogP contribution in [0.2, 0.25) is 0 Å². The molecular weight excluding hydrogens is 254 g/mol. The summed E-state index contributed by atoms with van der Waals surface area (Å²) >= 11 is 0. The van der Waals surface area contributed by atoms with Crippen LogP contribution < -0.4 is 4.52 Å². The van der Waals surface area contributed by atoms with Crippen LogP contribution >= 0.6 is 7.82 Å². The van der Waals surface area contributed by atoms with Gasteiger partial charge in [0, 0.05) is 0 Å². The fraction of sp³-hybridized carbons (Fsp3) is 0.400. The Labute approximate surface area is 138 Å². The summed E-state index contributed by atoms with van der Waals surface area (Å²) in [5.74, 6) is 0.177. The Bertz CT molecular complexity index is 377. The van der Waals surface area contributed by atoms with E-state index in [9.17, 15) is 4.57 Å². The molecule has 2 N–H and O–H groups in total. The van der Waals surface area contributed by atoms with Gasteiger partial charge in [0.05, 0.1) is 0 Å². The first-order chi connectivity index (χ1) is 6.68. The van der Waals surface area contributed by atoms with Crippen LogP contribution in [0.5, 0.6) is 5.75 Å². The predicted molar refractivity (Wildman–Crippen MR) is 65.0 cm³/mol. The summed E-state index contributed by atoms with van der Waals surface area (Å²) in [5.41, 5.74) is 1.10. The van der Waals surface area contributed by atoms with Gasteiger partial charge in [-0.25, -0.2) is 4.57 Å². The molecule has 0 unspecified atom stereocenters. The van der Waals surface area contributed by atoms with Gasteiger partial charge in [0.15, 0.2) is 0 Å². The van der Waals surface area contributed by atoms with Crippen LogP contribution in [-0.4, -0.2) is 61.2 Å². The van der Waals surface area contributed by atoms with Gasteiger partial charge in [0.25, 0.3) is 0 Å². The normalized spacial score (nSPS) is 11.8. The number of hydrogen-bond acceptors (Lipinski definition) is 2. The Morgan fingerprint density at radius 3 is 1.88 bits per heavy atom. The first kappa shape index (κ1) is 16.8. The van der Waals surface area contributed by atoms with Gasteiger partial charge in [-0.1, -0.05) is 32.9 Å². The molecule has 4 nitrogen and oxygen atoms in total. The first-order valence-corrected chi connectivity index (χ1v) is 6.07. The molecule has 0 saturated heterocycles. The molecule has 1 rings (SSSR count). The van der Waals surface area contributed by atoms with E-state index in [0.29, 0.717) is 0 Å². The van der Waals surface area contributed by atoms with E-state index in [1.165, 1.54) is 0 Å². The maximum atomic E-state index is 10.6. The van der Waals surface area contributed by atoms with Gasteiger partial charge in [-0.2, -0.15) is 0 Å². The fourth-order valence-electron chi connectivity index (χ4n) is 1.15. The van der Waals surface area contributed by atoms with Gasteiger partial charge >= 0.3 is 59.2 Å². The third kappa shape index (κ3) is 5.94. The van der Waals surface area contributed by atoms with Crippen LogP contribution in [0, 0.1) is 0 Å². The number of rotatable bonds is 2. The van der Waals surface area contributed by atoms with Gasteiger partial charge in [0.1, 0.15) is 5.75 Å². The molecule has 0 amide bonds. The maximum absolute atomic E-state index is 10.6. The second-order valence-electron chi connectivity index (χ2n) is 4.36. The Hall–Kier alpha value is 0.806. The van der Waals surface area contributed by atoms with Gasteiger partial charge in [-0.15, -0.1) is 0 Å². The summed E-state index contributed by atoms with van der Waals surface area (Å²) < 4.78 is 15.0. The Morgan fingerprint density at radius 2 is 1.56 bits per heavy atom. The molecule has 0 aliphatic heterocycles. The average molecular weight is 270 g/mol. The van der Waals surface area contributed by atoms with Crippen LogP contribution in [0.4, 0.5) is 0 Å². The molecule has 0 spiro atoms. The molecule has 86 valence electrons. The molecule has 0 bridgehead atoms. The monoisotopic (exact) mass is 270 g/mol. The number of benzene rings is 1. The molecule has 6 heteroatoms. The molecule has 0 heterocycles. The molecule has 0 aromatic heterocycles. The summed E-state index contributed by atoms with van der Waals surface area (Å²) in [5, 5.41) is 0. The van der Waals surface area contributed by atoms with E-state index in [2.05, 4.69) is 25.3 Å². The van der Waals surface area contributed by atoms with Crippen molar-refractivity contribution >= 4 is 59.2 Å². The standard InChI is InChI=1S/C10H15O4P.K.H/c1-10(2,3)8-4-6-9(7-5-8)14-15(11,12)13;;/h4-7H,1-3H3,(H2,11,12,13);;. The van der Waals surface area contributed by atoms with Crippen molar-refractivity contribution in [3.8, 4) is 5.75 Å². The summed E-state index contributed by atoms with van der Waals surface area (Å²) in [6.45, 7) is 6.18. The molecule has 0 fully saturated rings. The number of phosphoric ester groups is 1. The molecule has 0 aliphatic carbocycles. The van der Waals surface area contributed by atoms with Crippen molar-refractivity contribution in [3.05, 3.63) is 29.8 Å². The molecule has 0 radical (unpaired) electrons. The SMILES string of the molecule is CC(C)(C)c1ccc(OP(=O)(O)O)cc1.[KH]. The second-order valence-corrected chi connectivity index (χ2v) is 5.52. The quantitative estimate of drug-likeness (QED) is 0.635. The van der Waals surface area contributed by atoms with Gasteiger partial charge in [-0.3, -0.25) is 9.79 Å².